The number of fused-ring (bicyclic) bond motifs is 1. The number of aromatic nitrogens is 1. The normalized spacial score (nSPS) is 16.9. The van der Waals surface area contributed by atoms with Gasteiger partial charge in [-0.15, -0.1) is 0 Å². The number of benzene rings is 2. The second kappa shape index (κ2) is 9.94. The lowest BCUT2D eigenvalue weighted by atomic mass is 9.93. The number of aryl methyl sites for hydroxylation is 1. The Hall–Kier alpha value is -4.18. The predicted molar refractivity (Wildman–Crippen MR) is 148 cm³/mol. The minimum atomic E-state index is -0.538. The molecule has 1 fully saturated rings. The van der Waals surface area contributed by atoms with Crippen molar-refractivity contribution in [1.29, 1.82) is 0 Å². The maximum Gasteiger partial charge on any atom is 0.410 e. The lowest BCUT2D eigenvalue weighted by Gasteiger charge is -2.25. The Morgan fingerprint density at radius 1 is 1.11 bits per heavy atom. The van der Waals surface area contributed by atoms with Crippen molar-refractivity contribution in [2.24, 2.45) is 5.92 Å². The van der Waals surface area contributed by atoms with Crippen LogP contribution in [0.15, 0.2) is 54.7 Å². The molecule has 194 valence electrons. The van der Waals surface area contributed by atoms with E-state index in [1.165, 1.54) is 0 Å². The van der Waals surface area contributed by atoms with E-state index in [4.69, 9.17) is 16.3 Å². The summed E-state index contributed by atoms with van der Waals surface area (Å²) >= 11 is 0. The number of pyridine rings is 1. The van der Waals surface area contributed by atoms with Crippen LogP contribution in [0, 0.1) is 19.4 Å². The summed E-state index contributed by atoms with van der Waals surface area (Å²) in [5.74, 6) is 0.202. The van der Waals surface area contributed by atoms with Crippen LogP contribution >= 0.6 is 0 Å². The Balaban J connectivity index is 1.47. The molecule has 0 bridgehead atoms. The van der Waals surface area contributed by atoms with Gasteiger partial charge in [-0.1, -0.05) is 54.1 Å². The molecular formula is C31H32N4O3. The zero-order valence-electron chi connectivity index (χ0n) is 22.3. The van der Waals surface area contributed by atoms with E-state index in [9.17, 15) is 9.59 Å². The predicted octanol–water partition coefficient (Wildman–Crippen LogP) is 6.42. The summed E-state index contributed by atoms with van der Waals surface area (Å²) in [7, 11) is 0. The van der Waals surface area contributed by atoms with E-state index in [0.717, 1.165) is 45.6 Å². The van der Waals surface area contributed by atoms with Gasteiger partial charge in [-0.25, -0.2) is 9.64 Å². The Labute approximate surface area is 223 Å². The highest BCUT2D eigenvalue weighted by Gasteiger charge is 2.36. The van der Waals surface area contributed by atoms with Gasteiger partial charge in [-0.05, 0) is 51.2 Å². The molecule has 0 unspecified atom stereocenters. The number of hydrogen-bond donors (Lipinski definition) is 0. The number of amides is 2. The van der Waals surface area contributed by atoms with Crippen LogP contribution in [-0.2, 0) is 16.0 Å². The van der Waals surface area contributed by atoms with Crippen molar-refractivity contribution in [2.45, 2.75) is 46.1 Å². The third-order valence-corrected chi connectivity index (χ3v) is 7.07. The molecule has 2 aliphatic rings. The van der Waals surface area contributed by atoms with Crippen LogP contribution in [-0.4, -0.2) is 47.1 Å². The lowest BCUT2D eigenvalue weighted by Crippen LogP contribution is -2.37. The molecule has 0 aliphatic carbocycles. The van der Waals surface area contributed by atoms with Gasteiger partial charge >= 0.3 is 6.09 Å². The van der Waals surface area contributed by atoms with Crippen LogP contribution in [0.4, 0.5) is 16.2 Å². The average molecular weight is 509 g/mol. The molecular weight excluding hydrogens is 476 g/mol. The second-order valence-corrected chi connectivity index (χ2v) is 11.1. The topological polar surface area (TPSA) is 67.1 Å². The van der Waals surface area contributed by atoms with Crippen molar-refractivity contribution in [3.63, 3.8) is 0 Å². The van der Waals surface area contributed by atoms with Crippen molar-refractivity contribution < 1.29 is 14.3 Å². The molecule has 3 heterocycles. The summed E-state index contributed by atoms with van der Waals surface area (Å²) in [5, 5.41) is 0. The number of hydrogen-bond acceptors (Lipinski definition) is 4. The number of nitrogens with zero attached hydrogens (tertiary/aromatic N) is 4. The zero-order valence-corrected chi connectivity index (χ0v) is 22.3. The highest BCUT2D eigenvalue weighted by Crippen LogP contribution is 2.42. The number of rotatable bonds is 4. The Morgan fingerprint density at radius 3 is 2.45 bits per heavy atom. The van der Waals surface area contributed by atoms with Gasteiger partial charge in [0.05, 0.1) is 30.6 Å². The summed E-state index contributed by atoms with van der Waals surface area (Å²) in [5.41, 5.74) is 6.65. The molecule has 7 nitrogen and oxygen atoms in total. The molecule has 1 saturated heterocycles. The molecule has 2 aromatic carbocycles. The van der Waals surface area contributed by atoms with Crippen LogP contribution in [0.2, 0.25) is 0 Å². The summed E-state index contributed by atoms with van der Waals surface area (Å²) in [4.78, 5) is 37.9. The first-order valence-electron chi connectivity index (χ1n) is 13.0. The van der Waals surface area contributed by atoms with Crippen LogP contribution in [0.3, 0.4) is 0 Å². The fraction of sp³-hybridized carbons (Fsp3) is 0.355. The molecule has 38 heavy (non-hydrogen) atoms. The van der Waals surface area contributed by atoms with E-state index in [0.29, 0.717) is 31.7 Å². The molecule has 0 spiro atoms. The number of carbonyl (C=O) groups excluding carboxylic acids is 2. The highest BCUT2D eigenvalue weighted by atomic mass is 16.6. The summed E-state index contributed by atoms with van der Waals surface area (Å²) in [6, 6.07) is 15.7. The van der Waals surface area contributed by atoms with Crippen molar-refractivity contribution in [3.8, 4) is 22.4 Å². The van der Waals surface area contributed by atoms with Crippen molar-refractivity contribution in [2.75, 3.05) is 24.5 Å². The summed E-state index contributed by atoms with van der Waals surface area (Å²) in [6.07, 6.45) is 2.62. The minimum absolute atomic E-state index is 0.0394. The van der Waals surface area contributed by atoms with Gasteiger partial charge in [-0.2, -0.15) is 0 Å². The quantitative estimate of drug-likeness (QED) is 0.382. The Morgan fingerprint density at radius 2 is 1.79 bits per heavy atom. The van der Waals surface area contributed by atoms with Gasteiger partial charge in [0.15, 0.2) is 5.69 Å². The summed E-state index contributed by atoms with van der Waals surface area (Å²) < 4.78 is 5.54. The van der Waals surface area contributed by atoms with Crippen molar-refractivity contribution >= 4 is 23.4 Å². The van der Waals surface area contributed by atoms with E-state index in [-0.39, 0.29) is 17.9 Å². The number of anilines is 1. The van der Waals surface area contributed by atoms with Gasteiger partial charge in [0.2, 0.25) is 5.91 Å². The molecule has 7 heteroatoms. The first-order valence-corrected chi connectivity index (χ1v) is 13.0. The molecule has 2 aliphatic heterocycles. The van der Waals surface area contributed by atoms with Gasteiger partial charge < -0.3 is 14.5 Å². The first-order chi connectivity index (χ1) is 18.1. The Kier molecular flexibility index (Phi) is 6.66. The van der Waals surface area contributed by atoms with Crippen LogP contribution in [0.1, 0.15) is 38.3 Å². The molecule has 0 saturated carbocycles. The maximum absolute atomic E-state index is 13.4. The molecule has 2 amide bonds. The molecule has 0 radical (unpaired) electrons. The number of carbonyl (C=O) groups is 2. The van der Waals surface area contributed by atoms with E-state index in [1.54, 1.807) is 17.0 Å². The molecule has 1 atom stereocenters. The molecule has 0 N–H and O–H groups in total. The van der Waals surface area contributed by atoms with Gasteiger partial charge in [0, 0.05) is 30.8 Å². The third kappa shape index (κ3) is 5.12. The fourth-order valence-electron chi connectivity index (χ4n) is 5.21. The van der Waals surface area contributed by atoms with Gasteiger partial charge in [0.1, 0.15) is 5.60 Å². The van der Waals surface area contributed by atoms with Crippen LogP contribution < -0.4 is 4.90 Å². The number of likely N-dealkylation sites (tertiary alicyclic amines) is 1. The highest BCUT2D eigenvalue weighted by molar-refractivity contribution is 6.05. The molecule has 3 aromatic rings. The maximum atomic E-state index is 13.4. The standard InChI is InChI=1S/C31H32N4O3/c1-20-6-8-23(9-7-20)29-28(22-10-12-24(32-5)13-11-22)25-16-27(36)35(26(25)17-33-29)19-21-14-15-34(18-21)30(37)38-31(2,3)4/h6-13,17,21H,14-16,18-19H2,1-4H3/t21-/m1/s1. The largest absolute Gasteiger partial charge is 0.444 e. The van der Waals surface area contributed by atoms with Crippen LogP contribution in [0.25, 0.3) is 27.2 Å². The van der Waals surface area contributed by atoms with E-state index in [1.807, 2.05) is 50.9 Å². The Bertz CT molecular complexity index is 1420. The molecule has 1 aromatic heterocycles. The van der Waals surface area contributed by atoms with Crippen molar-refractivity contribution in [1.82, 2.24) is 9.88 Å². The monoisotopic (exact) mass is 508 g/mol. The molecule has 5 rings (SSSR count). The second-order valence-electron chi connectivity index (χ2n) is 11.1. The third-order valence-electron chi connectivity index (χ3n) is 7.07. The van der Waals surface area contributed by atoms with E-state index >= 15 is 0 Å². The first kappa shape index (κ1) is 25.5. The number of ether oxygens (including phenoxy) is 1. The van der Waals surface area contributed by atoms with Crippen LogP contribution in [0.5, 0.6) is 0 Å². The zero-order chi connectivity index (χ0) is 27.0. The summed E-state index contributed by atoms with van der Waals surface area (Å²) in [6.45, 7) is 16.7. The van der Waals surface area contributed by atoms with Crippen molar-refractivity contribution in [3.05, 3.63) is 77.3 Å². The minimum Gasteiger partial charge on any atom is -0.444 e. The van der Waals surface area contributed by atoms with Gasteiger partial charge in [-0.3, -0.25) is 9.78 Å². The van der Waals surface area contributed by atoms with E-state index < -0.39 is 5.60 Å². The van der Waals surface area contributed by atoms with Gasteiger partial charge in [0.25, 0.3) is 0 Å². The smallest absolute Gasteiger partial charge is 0.410 e. The SMILES string of the molecule is [C-]#[N+]c1ccc(-c2c(-c3ccc(C)cc3)ncc3c2CC(=O)N3C[C@@H]2CCN(C(=O)OC(C)(C)C)C2)cc1. The fourth-order valence-corrected chi connectivity index (χ4v) is 5.21. The lowest BCUT2D eigenvalue weighted by molar-refractivity contribution is -0.117. The van der Waals surface area contributed by atoms with E-state index in [2.05, 4.69) is 29.1 Å². The average Bonchev–Trinajstić information content (AvgIpc) is 3.48.